The first-order valence-corrected chi connectivity index (χ1v) is 44.3. The van der Waals surface area contributed by atoms with Crippen LogP contribution in [0, 0.1) is 104 Å². The Balaban J connectivity index is 0.000000130. The summed E-state index contributed by atoms with van der Waals surface area (Å²) in [6.45, 7) is 11.6. The molecule has 14 aliphatic carbocycles. The zero-order chi connectivity index (χ0) is 86.3. The maximum Gasteiger partial charge on any atom is 0.377 e. The Morgan fingerprint density at radius 1 is 0.408 bits per heavy atom. The molecule has 0 saturated heterocycles. The minimum atomic E-state index is -3.42. The molecule has 19 rings (SSSR count). The molecule has 10 bridgehead atoms. The van der Waals surface area contributed by atoms with E-state index in [0.717, 1.165) is 140 Å². The smallest absolute Gasteiger partial charge is 0.377 e. The summed E-state index contributed by atoms with van der Waals surface area (Å²) in [5.74, 6) is -15.6. The number of ether oxygens (including phenoxy) is 6. The third-order valence-electron chi connectivity index (χ3n) is 29.8. The molecule has 0 spiro atoms. The van der Waals surface area contributed by atoms with Crippen molar-refractivity contribution in [1.29, 1.82) is 0 Å². The number of rotatable bonds is 19. The summed E-state index contributed by atoms with van der Waals surface area (Å²) in [5, 5.41) is 0. The van der Waals surface area contributed by atoms with Crippen molar-refractivity contribution in [2.45, 2.75) is 306 Å². The molecule has 0 aliphatic heterocycles. The second-order valence-corrected chi connectivity index (χ2v) is 39.7. The highest BCUT2D eigenvalue weighted by atomic mass is 19.3. The largest absolute Gasteiger partial charge is 0.497 e. The Bertz CT molecular complexity index is 4290. The number of aryl methyl sites for hydroxylation is 4. The van der Waals surface area contributed by atoms with E-state index in [4.69, 9.17) is 28.4 Å². The standard InChI is InChI=1S/C22H28F2O2.C21H26F2O3.C20H24F2O2.C20H26F2O2.C16H20F2O2/c1-13-3-5-14(6-4-13)7-15-8-18-16-10-17(19(11-16)20(18)9-15)12-26-21(25)22(2,23)24;1-19(22,23)18(24)26-13-20-8-14-7-15(9-20)11-21(10-14,12-20)16-3-5-17(25-2)6-4-16;1-13-3-5-16(6-4-13)19-8-14-7-15(9-19)11-20(10-14,12-19)24-17(23)18(2,21)22;1-13-9-11-14(12-10-13)15-5-3-7-17-16(15)6-4-8-18(17)24-19(23)20(2,21)22;1-11-3-5-12(6-4-11)13-7-9-14(10-8-13)20-15(19)16(2,17)18/h3-6,15-20H,7-12H2,1-2H3;3-6,14-15H,7-13H2,1-2H3;3-6,14-15H,7-12H2,1-2H3;9-12,15-18H,3-8H2,1-2H3;3-6,13-14H,7-10H2,1-2H3. The average Bonchev–Trinajstić information content (AvgIpc) is 0.947. The number of esters is 5. The van der Waals surface area contributed by atoms with Gasteiger partial charge in [0.15, 0.2) is 0 Å². The first-order valence-electron chi connectivity index (χ1n) is 44.3. The number of fused-ring (bicyclic) bond motifs is 6. The van der Waals surface area contributed by atoms with Gasteiger partial charge in [-0.3, -0.25) is 0 Å². The van der Waals surface area contributed by atoms with E-state index in [1.54, 1.807) is 7.11 Å². The van der Waals surface area contributed by atoms with Gasteiger partial charge in [0, 0.05) is 40.0 Å². The molecule has 11 nitrogen and oxygen atoms in total. The van der Waals surface area contributed by atoms with Crippen LogP contribution in [0.3, 0.4) is 0 Å². The molecule has 5 aromatic rings. The van der Waals surface area contributed by atoms with Crippen LogP contribution < -0.4 is 4.74 Å². The van der Waals surface area contributed by atoms with Crippen molar-refractivity contribution >= 4 is 29.8 Å². The molecule has 0 radical (unpaired) electrons. The predicted molar refractivity (Wildman–Crippen MR) is 438 cm³/mol. The Morgan fingerprint density at radius 2 is 0.867 bits per heavy atom. The summed E-state index contributed by atoms with van der Waals surface area (Å²) < 4.78 is 162. The summed E-state index contributed by atoms with van der Waals surface area (Å²) in [4.78, 5) is 57.6. The molecule has 656 valence electrons. The first-order chi connectivity index (χ1) is 56.5. The normalized spacial score (nSPS) is 32.9. The van der Waals surface area contributed by atoms with Crippen LogP contribution in [0.4, 0.5) is 43.9 Å². The Kier molecular flexibility index (Phi) is 27.1. The van der Waals surface area contributed by atoms with Gasteiger partial charge in [0.05, 0.1) is 20.3 Å². The minimum Gasteiger partial charge on any atom is -0.497 e. The van der Waals surface area contributed by atoms with Crippen LogP contribution >= 0.6 is 0 Å². The number of carbonyl (C=O) groups is 5. The van der Waals surface area contributed by atoms with E-state index in [1.807, 2.05) is 19.1 Å². The van der Waals surface area contributed by atoms with Crippen LogP contribution in [0.2, 0.25) is 0 Å². The second kappa shape index (κ2) is 36.0. The molecule has 14 aliphatic rings. The highest BCUT2D eigenvalue weighted by Gasteiger charge is 2.63. The fourth-order valence-electron chi connectivity index (χ4n) is 25.3. The van der Waals surface area contributed by atoms with Crippen LogP contribution in [-0.4, -0.2) is 97.6 Å². The molecule has 5 aromatic carbocycles. The second-order valence-electron chi connectivity index (χ2n) is 39.7. The third kappa shape index (κ3) is 21.5. The molecule has 0 amide bonds. The molecular weight excluding hydrogens is 1560 g/mol. The lowest BCUT2D eigenvalue weighted by atomic mass is 9.43. The van der Waals surface area contributed by atoms with Crippen LogP contribution in [-0.2, 0) is 64.9 Å². The topological polar surface area (TPSA) is 141 Å². The van der Waals surface area contributed by atoms with Gasteiger partial charge < -0.3 is 28.4 Å². The quantitative estimate of drug-likeness (QED) is 0.0443. The van der Waals surface area contributed by atoms with Crippen molar-refractivity contribution in [3.05, 3.63) is 171 Å². The average molecular weight is 1680 g/mol. The Morgan fingerprint density at radius 3 is 1.40 bits per heavy atom. The highest BCUT2D eigenvalue weighted by molar-refractivity contribution is 5.79. The Labute approximate surface area is 702 Å². The van der Waals surface area contributed by atoms with Crippen molar-refractivity contribution < 1.29 is 96.3 Å². The van der Waals surface area contributed by atoms with Gasteiger partial charge >= 0.3 is 59.5 Å². The van der Waals surface area contributed by atoms with Gasteiger partial charge in [-0.25, -0.2) is 24.0 Å². The Hall–Kier alpha value is -7.45. The number of benzene rings is 5. The van der Waals surface area contributed by atoms with Crippen molar-refractivity contribution in [1.82, 2.24) is 0 Å². The molecule has 0 N–H and O–H groups in total. The highest BCUT2D eigenvalue weighted by Crippen LogP contribution is 2.68. The number of hydrogen-bond donors (Lipinski definition) is 0. The zero-order valence-electron chi connectivity index (χ0n) is 71.6. The third-order valence-corrected chi connectivity index (χ3v) is 29.8. The van der Waals surface area contributed by atoms with Crippen molar-refractivity contribution in [2.75, 3.05) is 20.3 Å². The lowest BCUT2D eigenvalue weighted by Gasteiger charge is -2.62. The van der Waals surface area contributed by atoms with Crippen molar-refractivity contribution in [2.24, 2.45) is 76.4 Å². The maximum atomic E-state index is 13.4. The number of hydrogen-bond acceptors (Lipinski definition) is 11. The van der Waals surface area contributed by atoms with Gasteiger partial charge in [-0.1, -0.05) is 138 Å². The SMILES string of the molecule is COc1ccc(C23CC4CC(CC(COC(=O)C(C)(F)F)(C4)C2)C3)cc1.Cc1ccc(C23CC4CC(CC(OC(=O)C(C)(F)F)(C4)C2)C3)cc1.Cc1ccc(C2CCC(OC(=O)C(C)(F)F)CC2)cc1.Cc1ccc(C2CCCC3C(OC(=O)C(C)(F)F)CCCC23)cc1.Cc1ccc(CC2CC3C4CC(COC(=O)C(C)(F)F)C(C4)C3C2)cc1. The molecule has 14 unspecified atom stereocenters. The van der Waals surface area contributed by atoms with E-state index < -0.39 is 65.1 Å². The van der Waals surface area contributed by atoms with Gasteiger partial charge in [0.1, 0.15) is 23.6 Å². The molecule has 0 aromatic heterocycles. The lowest BCUT2D eigenvalue weighted by Crippen LogP contribution is -2.59. The summed E-state index contributed by atoms with van der Waals surface area (Å²) in [7, 11) is 1.66. The summed E-state index contributed by atoms with van der Waals surface area (Å²) in [6.07, 6.45) is 26.1. The first kappa shape index (κ1) is 90.3. The lowest BCUT2D eigenvalue weighted by molar-refractivity contribution is -0.211. The van der Waals surface area contributed by atoms with Gasteiger partial charge in [0.25, 0.3) is 0 Å². The number of halogens is 10. The summed E-state index contributed by atoms with van der Waals surface area (Å²) >= 11 is 0. The number of alkyl halides is 10. The maximum absolute atomic E-state index is 13.4. The fourth-order valence-corrected chi connectivity index (χ4v) is 25.3. The monoisotopic (exact) mass is 1680 g/mol. The van der Waals surface area contributed by atoms with Crippen molar-refractivity contribution in [3.8, 4) is 5.75 Å². The van der Waals surface area contributed by atoms with Crippen LogP contribution in [0.15, 0.2) is 121 Å². The van der Waals surface area contributed by atoms with Gasteiger partial charge in [-0.15, -0.1) is 0 Å². The fraction of sp³-hybridized carbons (Fsp3) is 0.646. The van der Waals surface area contributed by atoms with E-state index in [1.165, 1.54) is 75.8 Å². The van der Waals surface area contributed by atoms with Crippen LogP contribution in [0.1, 0.15) is 263 Å². The van der Waals surface area contributed by atoms with Gasteiger partial charge in [0.2, 0.25) is 0 Å². The van der Waals surface area contributed by atoms with Crippen LogP contribution in [0.5, 0.6) is 5.75 Å². The van der Waals surface area contributed by atoms with Gasteiger partial charge in [-0.05, 0) is 328 Å². The predicted octanol–water partition coefficient (Wildman–Crippen LogP) is 24.0. The van der Waals surface area contributed by atoms with Gasteiger partial charge in [-0.2, -0.15) is 43.9 Å². The zero-order valence-corrected chi connectivity index (χ0v) is 71.6. The van der Waals surface area contributed by atoms with E-state index in [0.29, 0.717) is 119 Å². The molecule has 14 atom stereocenters. The summed E-state index contributed by atoms with van der Waals surface area (Å²) in [5.41, 5.74) is 10.8. The molecule has 21 heteroatoms. The van der Waals surface area contributed by atoms with E-state index in [-0.39, 0.29) is 53.5 Å². The summed E-state index contributed by atoms with van der Waals surface area (Å²) in [6, 6.07) is 42.8. The van der Waals surface area contributed by atoms with E-state index in [9.17, 15) is 67.9 Å². The molecule has 14 fully saturated rings. The number of methoxy groups -OCH3 is 1. The van der Waals surface area contributed by atoms with E-state index in [2.05, 4.69) is 130 Å². The molecule has 120 heavy (non-hydrogen) atoms. The number of carbonyl (C=O) groups excluding carboxylic acids is 5. The molecule has 14 saturated carbocycles. The van der Waals surface area contributed by atoms with Crippen molar-refractivity contribution in [3.63, 3.8) is 0 Å². The molecule has 0 heterocycles. The van der Waals surface area contributed by atoms with E-state index >= 15 is 0 Å². The van der Waals surface area contributed by atoms with Crippen LogP contribution in [0.25, 0.3) is 0 Å². The molecular formula is C99H124F10O11. The minimum absolute atomic E-state index is 0.0128.